The lowest BCUT2D eigenvalue weighted by Gasteiger charge is -2.24. The van der Waals surface area contributed by atoms with Crippen molar-refractivity contribution in [3.05, 3.63) is 0 Å². The average molecular weight is 259 g/mol. The second-order valence-electron chi connectivity index (χ2n) is 5.77. The molecule has 0 saturated heterocycles. The Hall–Kier alpha value is -0.160. The van der Waals surface area contributed by atoms with Gasteiger partial charge in [-0.1, -0.05) is 26.2 Å². The molecule has 18 heavy (non-hydrogen) atoms. The summed E-state index contributed by atoms with van der Waals surface area (Å²) in [7, 11) is 0. The SMILES string of the molecule is CCCC(C)(O)CNCC(O)COC1CCCC1. The van der Waals surface area contributed by atoms with Gasteiger partial charge >= 0.3 is 0 Å². The third-order valence-electron chi connectivity index (χ3n) is 3.50. The fourth-order valence-corrected chi connectivity index (χ4v) is 2.50. The Morgan fingerprint density at radius 3 is 2.67 bits per heavy atom. The number of aliphatic hydroxyl groups is 2. The van der Waals surface area contributed by atoms with Gasteiger partial charge in [0, 0.05) is 13.1 Å². The van der Waals surface area contributed by atoms with Gasteiger partial charge < -0.3 is 20.3 Å². The van der Waals surface area contributed by atoms with Crippen LogP contribution in [0.3, 0.4) is 0 Å². The van der Waals surface area contributed by atoms with Gasteiger partial charge in [-0.2, -0.15) is 0 Å². The molecule has 0 spiro atoms. The number of hydrogen-bond donors (Lipinski definition) is 3. The number of rotatable bonds is 9. The largest absolute Gasteiger partial charge is 0.389 e. The maximum absolute atomic E-state index is 9.95. The molecule has 1 fully saturated rings. The van der Waals surface area contributed by atoms with Gasteiger partial charge in [0.25, 0.3) is 0 Å². The molecule has 0 aromatic rings. The van der Waals surface area contributed by atoms with Gasteiger partial charge in [-0.25, -0.2) is 0 Å². The smallest absolute Gasteiger partial charge is 0.0897 e. The average Bonchev–Trinajstić information content (AvgIpc) is 2.78. The molecule has 2 unspecified atom stereocenters. The van der Waals surface area contributed by atoms with Crippen molar-refractivity contribution in [1.29, 1.82) is 0 Å². The first-order valence-corrected chi connectivity index (χ1v) is 7.26. The minimum Gasteiger partial charge on any atom is -0.389 e. The standard InChI is InChI=1S/C14H29NO3/c1-3-8-14(2,17)11-15-9-12(16)10-18-13-6-4-5-7-13/h12-13,15-17H,3-11H2,1-2H3. The third-order valence-corrected chi connectivity index (χ3v) is 3.50. The highest BCUT2D eigenvalue weighted by molar-refractivity contribution is 4.75. The van der Waals surface area contributed by atoms with Crippen molar-refractivity contribution in [2.45, 2.75) is 70.2 Å². The summed E-state index contributed by atoms with van der Waals surface area (Å²) in [4.78, 5) is 0. The van der Waals surface area contributed by atoms with Gasteiger partial charge in [0.1, 0.15) is 0 Å². The van der Waals surface area contributed by atoms with Crippen molar-refractivity contribution in [3.8, 4) is 0 Å². The second kappa shape index (κ2) is 8.10. The molecule has 0 heterocycles. The zero-order valence-corrected chi connectivity index (χ0v) is 11.8. The van der Waals surface area contributed by atoms with Gasteiger partial charge in [-0.15, -0.1) is 0 Å². The van der Waals surface area contributed by atoms with Gasteiger partial charge in [-0.05, 0) is 26.2 Å². The minimum absolute atomic E-state index is 0.350. The van der Waals surface area contributed by atoms with E-state index in [0.29, 0.717) is 25.8 Å². The molecule has 4 nitrogen and oxygen atoms in total. The molecule has 1 aliphatic carbocycles. The van der Waals surface area contributed by atoms with Gasteiger partial charge in [0.05, 0.1) is 24.4 Å². The van der Waals surface area contributed by atoms with E-state index in [1.165, 1.54) is 12.8 Å². The van der Waals surface area contributed by atoms with Crippen molar-refractivity contribution >= 4 is 0 Å². The molecule has 1 aliphatic rings. The topological polar surface area (TPSA) is 61.7 Å². The van der Waals surface area contributed by atoms with E-state index in [4.69, 9.17) is 4.74 Å². The molecule has 4 heteroatoms. The maximum atomic E-state index is 9.95. The summed E-state index contributed by atoms with van der Waals surface area (Å²) in [6.07, 6.45) is 6.36. The predicted molar refractivity (Wildman–Crippen MR) is 72.6 cm³/mol. The maximum Gasteiger partial charge on any atom is 0.0897 e. The molecule has 0 aromatic heterocycles. The Morgan fingerprint density at radius 1 is 1.39 bits per heavy atom. The van der Waals surface area contributed by atoms with Gasteiger partial charge in [0.2, 0.25) is 0 Å². The summed E-state index contributed by atoms with van der Waals surface area (Å²) >= 11 is 0. The molecular formula is C14H29NO3. The van der Waals surface area contributed by atoms with Crippen LogP contribution in [-0.4, -0.2) is 47.7 Å². The lowest BCUT2D eigenvalue weighted by molar-refractivity contribution is -0.00910. The minimum atomic E-state index is -0.680. The summed E-state index contributed by atoms with van der Waals surface area (Å²) in [5.74, 6) is 0. The van der Waals surface area contributed by atoms with Gasteiger partial charge in [-0.3, -0.25) is 0 Å². The first kappa shape index (κ1) is 15.9. The van der Waals surface area contributed by atoms with Crippen LogP contribution in [0.25, 0.3) is 0 Å². The van der Waals surface area contributed by atoms with Crippen LogP contribution in [0.15, 0.2) is 0 Å². The second-order valence-corrected chi connectivity index (χ2v) is 5.77. The first-order chi connectivity index (χ1) is 8.53. The molecule has 0 radical (unpaired) electrons. The van der Waals surface area contributed by atoms with Crippen molar-refractivity contribution < 1.29 is 14.9 Å². The van der Waals surface area contributed by atoms with Crippen molar-refractivity contribution in [3.63, 3.8) is 0 Å². The summed E-state index contributed by atoms with van der Waals surface area (Å²) in [6, 6.07) is 0. The van der Waals surface area contributed by atoms with E-state index in [9.17, 15) is 10.2 Å². The van der Waals surface area contributed by atoms with E-state index < -0.39 is 11.7 Å². The third kappa shape index (κ3) is 6.69. The zero-order chi connectivity index (χ0) is 13.4. The molecule has 1 rings (SSSR count). The fourth-order valence-electron chi connectivity index (χ4n) is 2.50. The predicted octanol–water partition coefficient (Wildman–Crippen LogP) is 1.45. The van der Waals surface area contributed by atoms with Crippen LogP contribution in [0.5, 0.6) is 0 Å². The number of ether oxygens (including phenoxy) is 1. The number of hydrogen-bond acceptors (Lipinski definition) is 4. The zero-order valence-electron chi connectivity index (χ0n) is 11.8. The van der Waals surface area contributed by atoms with Crippen molar-refractivity contribution in [2.24, 2.45) is 0 Å². The Bertz CT molecular complexity index is 215. The van der Waals surface area contributed by atoms with E-state index >= 15 is 0 Å². The van der Waals surface area contributed by atoms with Crippen LogP contribution in [0, 0.1) is 0 Å². The van der Waals surface area contributed by atoms with E-state index in [2.05, 4.69) is 12.2 Å². The number of nitrogens with one attached hydrogen (secondary N) is 1. The summed E-state index contributed by atoms with van der Waals surface area (Å²) in [5, 5.41) is 22.8. The first-order valence-electron chi connectivity index (χ1n) is 7.26. The Morgan fingerprint density at radius 2 is 2.06 bits per heavy atom. The molecule has 108 valence electrons. The van der Waals surface area contributed by atoms with E-state index in [-0.39, 0.29) is 0 Å². The highest BCUT2D eigenvalue weighted by Crippen LogP contribution is 2.20. The molecule has 1 saturated carbocycles. The van der Waals surface area contributed by atoms with Crippen molar-refractivity contribution in [1.82, 2.24) is 5.32 Å². The molecule has 3 N–H and O–H groups in total. The van der Waals surface area contributed by atoms with Crippen LogP contribution < -0.4 is 5.32 Å². The fraction of sp³-hybridized carbons (Fsp3) is 1.00. The van der Waals surface area contributed by atoms with Gasteiger partial charge in [0.15, 0.2) is 0 Å². The van der Waals surface area contributed by atoms with Crippen LogP contribution in [0.4, 0.5) is 0 Å². The molecule has 0 aliphatic heterocycles. The highest BCUT2D eigenvalue weighted by atomic mass is 16.5. The lowest BCUT2D eigenvalue weighted by Crippen LogP contribution is -2.41. The highest BCUT2D eigenvalue weighted by Gasteiger charge is 2.20. The molecule has 0 aromatic carbocycles. The Balaban J connectivity index is 2.03. The lowest BCUT2D eigenvalue weighted by atomic mass is 10.0. The normalized spacial score (nSPS) is 22.0. The molecular weight excluding hydrogens is 230 g/mol. The van der Waals surface area contributed by atoms with Crippen LogP contribution >= 0.6 is 0 Å². The quantitative estimate of drug-likeness (QED) is 0.586. The molecule has 0 amide bonds. The van der Waals surface area contributed by atoms with E-state index in [1.54, 1.807) is 0 Å². The van der Waals surface area contributed by atoms with E-state index in [0.717, 1.165) is 25.7 Å². The van der Waals surface area contributed by atoms with Crippen molar-refractivity contribution in [2.75, 3.05) is 19.7 Å². The Kier molecular flexibility index (Phi) is 7.15. The number of aliphatic hydroxyl groups excluding tert-OH is 1. The Labute approximate surface area is 111 Å². The summed E-state index contributed by atoms with van der Waals surface area (Å²) in [6.45, 7) is 5.27. The van der Waals surface area contributed by atoms with Crippen LogP contribution in [-0.2, 0) is 4.74 Å². The monoisotopic (exact) mass is 259 g/mol. The molecule has 0 bridgehead atoms. The van der Waals surface area contributed by atoms with Crippen LogP contribution in [0.2, 0.25) is 0 Å². The van der Waals surface area contributed by atoms with Crippen LogP contribution in [0.1, 0.15) is 52.4 Å². The molecule has 2 atom stereocenters. The summed E-state index contributed by atoms with van der Waals surface area (Å²) in [5.41, 5.74) is -0.680. The van der Waals surface area contributed by atoms with E-state index in [1.807, 2.05) is 6.92 Å². The summed E-state index contributed by atoms with van der Waals surface area (Å²) < 4.78 is 5.64.